The van der Waals surface area contributed by atoms with Crippen molar-refractivity contribution in [2.75, 3.05) is 5.32 Å². The van der Waals surface area contributed by atoms with Gasteiger partial charge in [0.25, 0.3) is 0 Å². The molecule has 0 aliphatic carbocycles. The van der Waals surface area contributed by atoms with Crippen LogP contribution in [0.3, 0.4) is 0 Å². The van der Waals surface area contributed by atoms with Gasteiger partial charge in [-0.2, -0.15) is 0 Å². The Hall–Kier alpha value is -3.31. The summed E-state index contributed by atoms with van der Waals surface area (Å²) in [5, 5.41) is 6.25. The Morgan fingerprint density at radius 2 is 1.86 bits per heavy atom. The topological polar surface area (TPSA) is 71.1 Å². The van der Waals surface area contributed by atoms with Crippen LogP contribution in [0.15, 0.2) is 72.9 Å². The minimum atomic E-state index is -0.210. The van der Waals surface area contributed by atoms with E-state index in [4.69, 9.17) is 0 Å². The molecule has 3 aromatic rings. The third kappa shape index (κ3) is 6.09. The van der Waals surface area contributed by atoms with Crippen molar-refractivity contribution in [1.82, 2.24) is 10.3 Å². The van der Waals surface area contributed by atoms with Crippen LogP contribution >= 0.6 is 0 Å². The van der Waals surface area contributed by atoms with Gasteiger partial charge < -0.3 is 15.4 Å². The highest BCUT2D eigenvalue weighted by Gasteiger charge is 2.06. The second-order valence-electron chi connectivity index (χ2n) is 6.90. The first-order valence-electron chi connectivity index (χ1n) is 9.73. The van der Waals surface area contributed by atoms with Gasteiger partial charge in [-0.15, -0.1) is 0 Å². The van der Waals surface area contributed by atoms with E-state index in [1.807, 2.05) is 24.3 Å². The number of nitrogens with zero attached hydrogens (tertiary/aromatic N) is 1. The zero-order valence-corrected chi connectivity index (χ0v) is 16.5. The Labute approximate surface area is 171 Å². The predicted molar refractivity (Wildman–Crippen MR) is 115 cm³/mol. The largest absolute Gasteiger partial charge is 0.311 e. The van der Waals surface area contributed by atoms with Crippen molar-refractivity contribution >= 4 is 18.0 Å². The van der Waals surface area contributed by atoms with Crippen molar-refractivity contribution in [2.24, 2.45) is 0 Å². The smallest absolute Gasteiger partial charge is 0.225 e. The van der Waals surface area contributed by atoms with Gasteiger partial charge in [0.05, 0.1) is 0 Å². The van der Waals surface area contributed by atoms with Crippen LogP contribution in [0, 0.1) is 0 Å². The molecule has 1 atom stereocenters. The summed E-state index contributed by atoms with van der Waals surface area (Å²) >= 11 is 0. The normalized spacial score (nSPS) is 11.6. The summed E-state index contributed by atoms with van der Waals surface area (Å²) in [7, 11) is 0. The van der Waals surface area contributed by atoms with E-state index >= 15 is 0 Å². The number of aldehydes is 1. The molecule has 1 aromatic heterocycles. The van der Waals surface area contributed by atoms with E-state index in [0.717, 1.165) is 24.0 Å². The van der Waals surface area contributed by atoms with Crippen molar-refractivity contribution in [3.63, 3.8) is 0 Å². The van der Waals surface area contributed by atoms with Gasteiger partial charge in [-0.1, -0.05) is 48.5 Å². The maximum absolute atomic E-state index is 11.7. The van der Waals surface area contributed by atoms with E-state index in [0.29, 0.717) is 5.82 Å². The number of rotatable bonds is 9. The summed E-state index contributed by atoms with van der Waals surface area (Å²) < 4.78 is 0. The molecule has 0 aliphatic rings. The van der Waals surface area contributed by atoms with Crippen molar-refractivity contribution in [3.05, 3.63) is 84.1 Å². The van der Waals surface area contributed by atoms with Crippen molar-refractivity contribution in [1.29, 1.82) is 0 Å². The number of pyridine rings is 1. The molecule has 29 heavy (non-hydrogen) atoms. The second-order valence-corrected chi connectivity index (χ2v) is 6.90. The first kappa shape index (κ1) is 20.4. The van der Waals surface area contributed by atoms with E-state index in [2.05, 4.69) is 58.9 Å². The lowest BCUT2D eigenvalue weighted by Crippen LogP contribution is -2.17. The molecule has 148 valence electrons. The Kier molecular flexibility index (Phi) is 7.25. The van der Waals surface area contributed by atoms with Crippen molar-refractivity contribution in [2.45, 2.75) is 32.4 Å². The van der Waals surface area contributed by atoms with Gasteiger partial charge >= 0.3 is 0 Å². The summed E-state index contributed by atoms with van der Waals surface area (Å²) in [5.41, 5.74) is 4.51. The number of nitrogens with one attached hydrogen (secondary N) is 2. The molecule has 0 radical (unpaired) electrons. The number of hydrogen-bond donors (Lipinski definition) is 2. The number of benzene rings is 2. The van der Waals surface area contributed by atoms with Gasteiger partial charge in [-0.3, -0.25) is 4.79 Å². The van der Waals surface area contributed by atoms with Gasteiger partial charge in [-0.05, 0) is 41.8 Å². The van der Waals surface area contributed by atoms with Gasteiger partial charge in [0.15, 0.2) is 0 Å². The molecule has 0 fully saturated rings. The van der Waals surface area contributed by atoms with E-state index < -0.39 is 0 Å². The molecule has 0 saturated heterocycles. The Bertz CT molecular complexity index is 940. The van der Waals surface area contributed by atoms with Crippen LogP contribution in [0.1, 0.15) is 36.9 Å². The highest BCUT2D eigenvalue weighted by molar-refractivity contribution is 5.90. The molecule has 0 spiro atoms. The fourth-order valence-corrected chi connectivity index (χ4v) is 3.03. The fourth-order valence-electron chi connectivity index (χ4n) is 3.03. The van der Waals surface area contributed by atoms with Gasteiger partial charge in [0.2, 0.25) is 5.91 Å². The molecule has 2 N–H and O–H groups in total. The lowest BCUT2D eigenvalue weighted by molar-refractivity contribution is -0.118. The van der Waals surface area contributed by atoms with Crippen LogP contribution < -0.4 is 10.6 Å². The highest BCUT2D eigenvalue weighted by Crippen LogP contribution is 2.21. The second kappa shape index (κ2) is 10.3. The minimum absolute atomic E-state index is 0.170. The number of anilines is 1. The zero-order chi connectivity index (χ0) is 20.5. The summed E-state index contributed by atoms with van der Waals surface area (Å²) in [6.07, 6.45) is 2.87. The molecule has 0 saturated carbocycles. The third-order valence-corrected chi connectivity index (χ3v) is 4.69. The standard InChI is InChI=1S/C24H25N3O2/c1-18(20-8-3-2-4-9-20)25-16-19-7-5-10-21(15-19)22-12-13-23(26-17-22)27-24(29)11-6-14-28/h2-5,7-10,12-15,17-18,25H,6,11,16H2,1H3,(H,26,27,29)/t18-/m1/s1. The number of aromatic nitrogens is 1. The highest BCUT2D eigenvalue weighted by atomic mass is 16.1. The first-order valence-corrected chi connectivity index (χ1v) is 9.73. The predicted octanol–water partition coefficient (Wildman–Crippen LogP) is 4.52. The maximum Gasteiger partial charge on any atom is 0.225 e. The molecular weight excluding hydrogens is 362 g/mol. The fraction of sp³-hybridized carbons (Fsp3) is 0.208. The minimum Gasteiger partial charge on any atom is -0.311 e. The number of carbonyl (C=O) groups excluding carboxylic acids is 2. The molecule has 1 heterocycles. The lowest BCUT2D eigenvalue weighted by atomic mass is 10.0. The molecular formula is C24H25N3O2. The van der Waals surface area contributed by atoms with Gasteiger partial charge in [0.1, 0.15) is 12.1 Å². The summed E-state index contributed by atoms with van der Waals surface area (Å²) in [6, 6.07) is 22.7. The van der Waals surface area contributed by atoms with Crippen molar-refractivity contribution < 1.29 is 9.59 Å². The van der Waals surface area contributed by atoms with E-state index in [1.165, 1.54) is 11.1 Å². The summed E-state index contributed by atoms with van der Waals surface area (Å²) in [4.78, 5) is 26.3. The number of carbonyl (C=O) groups is 2. The van der Waals surface area contributed by atoms with Crippen LogP contribution in [0.25, 0.3) is 11.1 Å². The van der Waals surface area contributed by atoms with E-state index in [-0.39, 0.29) is 24.8 Å². The average Bonchev–Trinajstić information content (AvgIpc) is 2.77. The Morgan fingerprint density at radius 1 is 1.03 bits per heavy atom. The molecule has 0 bridgehead atoms. The third-order valence-electron chi connectivity index (χ3n) is 4.69. The number of hydrogen-bond acceptors (Lipinski definition) is 4. The summed E-state index contributed by atoms with van der Waals surface area (Å²) in [6.45, 7) is 2.92. The van der Waals surface area contributed by atoms with Gasteiger partial charge in [0, 0.05) is 37.2 Å². The molecule has 5 nitrogen and oxygen atoms in total. The van der Waals surface area contributed by atoms with Crippen LogP contribution in [0.2, 0.25) is 0 Å². The quantitative estimate of drug-likeness (QED) is 0.530. The van der Waals surface area contributed by atoms with Gasteiger partial charge in [-0.25, -0.2) is 4.98 Å². The van der Waals surface area contributed by atoms with Crippen LogP contribution in [-0.4, -0.2) is 17.2 Å². The zero-order valence-electron chi connectivity index (χ0n) is 16.5. The van der Waals surface area contributed by atoms with Crippen LogP contribution in [0.5, 0.6) is 0 Å². The maximum atomic E-state index is 11.7. The summed E-state index contributed by atoms with van der Waals surface area (Å²) in [5.74, 6) is 0.275. The molecule has 0 unspecified atom stereocenters. The van der Waals surface area contributed by atoms with Crippen LogP contribution in [-0.2, 0) is 16.1 Å². The molecule has 0 aliphatic heterocycles. The molecule has 5 heteroatoms. The van der Waals surface area contributed by atoms with Crippen molar-refractivity contribution in [3.8, 4) is 11.1 Å². The number of amides is 1. The molecule has 2 aromatic carbocycles. The average molecular weight is 387 g/mol. The SMILES string of the molecule is C[C@@H](NCc1cccc(-c2ccc(NC(=O)CCC=O)nc2)c1)c1ccccc1. The first-order chi connectivity index (χ1) is 14.2. The Morgan fingerprint density at radius 3 is 2.59 bits per heavy atom. The van der Waals surface area contributed by atoms with E-state index in [9.17, 15) is 9.59 Å². The van der Waals surface area contributed by atoms with Crippen LogP contribution in [0.4, 0.5) is 5.82 Å². The monoisotopic (exact) mass is 387 g/mol. The molecule has 3 rings (SSSR count). The molecule has 1 amide bonds. The Balaban J connectivity index is 1.61. The van der Waals surface area contributed by atoms with E-state index in [1.54, 1.807) is 12.3 Å². The lowest BCUT2D eigenvalue weighted by Gasteiger charge is -2.15.